The van der Waals surface area contributed by atoms with Gasteiger partial charge in [0.2, 0.25) is 0 Å². The first-order valence-electron chi connectivity index (χ1n) is 7.12. The van der Waals surface area contributed by atoms with Gasteiger partial charge in [0.05, 0.1) is 14.2 Å². The molecular formula is C15H23NO4S. The molecule has 1 N–H and O–H groups in total. The fourth-order valence-electron chi connectivity index (χ4n) is 2.85. The Balaban J connectivity index is 2.38. The molecular weight excluding hydrogens is 290 g/mol. The van der Waals surface area contributed by atoms with Gasteiger partial charge in [0, 0.05) is 6.26 Å². The maximum Gasteiger partial charge on any atom is 0.179 e. The number of hydrogen-bond donors (Lipinski definition) is 1. The third-order valence-corrected chi connectivity index (χ3v) is 5.05. The van der Waals surface area contributed by atoms with Crippen LogP contribution in [0, 0.1) is 5.92 Å². The van der Waals surface area contributed by atoms with Crippen molar-refractivity contribution >= 4 is 9.84 Å². The SMILES string of the molecule is COc1c(CC2CCNCC2)ccc(S(C)(=O)=O)c1OC. The molecule has 0 aliphatic carbocycles. The molecule has 0 aromatic heterocycles. The van der Waals surface area contributed by atoms with E-state index in [0.717, 1.165) is 37.9 Å². The van der Waals surface area contributed by atoms with Crippen molar-refractivity contribution in [2.45, 2.75) is 24.2 Å². The van der Waals surface area contributed by atoms with Gasteiger partial charge < -0.3 is 14.8 Å². The van der Waals surface area contributed by atoms with Gasteiger partial charge in [-0.15, -0.1) is 0 Å². The lowest BCUT2D eigenvalue weighted by Crippen LogP contribution is -2.28. The minimum absolute atomic E-state index is 0.177. The molecule has 118 valence electrons. The molecule has 0 saturated carbocycles. The lowest BCUT2D eigenvalue weighted by Gasteiger charge is -2.24. The summed E-state index contributed by atoms with van der Waals surface area (Å²) in [6.45, 7) is 2.07. The Labute approximate surface area is 126 Å². The van der Waals surface area contributed by atoms with E-state index in [9.17, 15) is 8.42 Å². The van der Waals surface area contributed by atoms with Gasteiger partial charge in [0.25, 0.3) is 0 Å². The van der Waals surface area contributed by atoms with Gasteiger partial charge in [-0.25, -0.2) is 8.42 Å². The molecule has 1 aromatic carbocycles. The molecule has 1 saturated heterocycles. The molecule has 1 aliphatic rings. The molecule has 1 aromatic rings. The number of rotatable bonds is 5. The Morgan fingerprint density at radius 3 is 2.29 bits per heavy atom. The van der Waals surface area contributed by atoms with E-state index in [1.54, 1.807) is 13.2 Å². The van der Waals surface area contributed by atoms with Crippen LogP contribution < -0.4 is 14.8 Å². The Kier molecular flexibility index (Phi) is 5.11. The highest BCUT2D eigenvalue weighted by Crippen LogP contribution is 2.38. The average Bonchev–Trinajstić information content (AvgIpc) is 2.46. The second kappa shape index (κ2) is 6.66. The summed E-state index contributed by atoms with van der Waals surface area (Å²) in [6.07, 6.45) is 4.31. The summed E-state index contributed by atoms with van der Waals surface area (Å²) >= 11 is 0. The van der Waals surface area contributed by atoms with E-state index in [0.29, 0.717) is 17.4 Å². The van der Waals surface area contributed by atoms with E-state index in [-0.39, 0.29) is 4.90 Å². The molecule has 0 spiro atoms. The van der Waals surface area contributed by atoms with Crippen LogP contribution in [0.5, 0.6) is 11.5 Å². The van der Waals surface area contributed by atoms with Crippen LogP contribution in [0.4, 0.5) is 0 Å². The molecule has 6 heteroatoms. The number of methoxy groups -OCH3 is 2. The molecule has 0 radical (unpaired) electrons. The number of hydrogen-bond acceptors (Lipinski definition) is 5. The summed E-state index contributed by atoms with van der Waals surface area (Å²) in [7, 11) is -0.319. The second-order valence-corrected chi connectivity index (χ2v) is 7.44. The molecule has 0 bridgehead atoms. The lowest BCUT2D eigenvalue weighted by molar-refractivity contribution is 0.333. The van der Waals surface area contributed by atoms with Crippen molar-refractivity contribution in [1.29, 1.82) is 0 Å². The topological polar surface area (TPSA) is 64.6 Å². The van der Waals surface area contributed by atoms with E-state index in [1.807, 2.05) is 6.07 Å². The summed E-state index contributed by atoms with van der Waals surface area (Å²) in [6, 6.07) is 3.47. The van der Waals surface area contributed by atoms with Gasteiger partial charge in [-0.1, -0.05) is 6.07 Å². The first kappa shape index (κ1) is 16.1. The average molecular weight is 313 g/mol. The third-order valence-electron chi connectivity index (χ3n) is 3.93. The zero-order chi connectivity index (χ0) is 15.5. The first-order chi connectivity index (χ1) is 9.97. The number of sulfone groups is 1. The molecule has 1 aliphatic heterocycles. The van der Waals surface area contributed by atoms with Crippen LogP contribution in [0.1, 0.15) is 18.4 Å². The van der Waals surface area contributed by atoms with E-state index >= 15 is 0 Å². The largest absolute Gasteiger partial charge is 0.493 e. The van der Waals surface area contributed by atoms with Crippen molar-refractivity contribution < 1.29 is 17.9 Å². The van der Waals surface area contributed by atoms with Crippen molar-refractivity contribution in [2.24, 2.45) is 5.92 Å². The van der Waals surface area contributed by atoms with Crippen LogP contribution in [0.15, 0.2) is 17.0 Å². The van der Waals surface area contributed by atoms with Gasteiger partial charge in [0.1, 0.15) is 4.90 Å². The van der Waals surface area contributed by atoms with Gasteiger partial charge >= 0.3 is 0 Å². The quantitative estimate of drug-likeness (QED) is 0.895. The number of nitrogens with one attached hydrogen (secondary N) is 1. The van der Waals surface area contributed by atoms with Crippen LogP contribution in [-0.4, -0.2) is 42.0 Å². The van der Waals surface area contributed by atoms with Gasteiger partial charge in [-0.2, -0.15) is 0 Å². The molecule has 0 atom stereocenters. The summed E-state index contributed by atoms with van der Waals surface area (Å²) in [5.74, 6) is 1.44. The number of benzene rings is 1. The Bertz CT molecular complexity index is 592. The summed E-state index contributed by atoms with van der Waals surface area (Å²) in [5, 5.41) is 3.35. The minimum Gasteiger partial charge on any atom is -0.493 e. The van der Waals surface area contributed by atoms with Crippen LogP contribution in [0.25, 0.3) is 0 Å². The molecule has 0 unspecified atom stereocenters. The van der Waals surface area contributed by atoms with E-state index in [2.05, 4.69) is 5.32 Å². The Hall–Kier alpha value is -1.27. The monoisotopic (exact) mass is 313 g/mol. The zero-order valence-electron chi connectivity index (χ0n) is 12.8. The zero-order valence-corrected chi connectivity index (χ0v) is 13.6. The fourth-order valence-corrected chi connectivity index (χ4v) is 3.68. The molecule has 0 amide bonds. The van der Waals surface area contributed by atoms with Crippen LogP contribution in [-0.2, 0) is 16.3 Å². The smallest absolute Gasteiger partial charge is 0.179 e. The highest BCUT2D eigenvalue weighted by molar-refractivity contribution is 7.90. The lowest BCUT2D eigenvalue weighted by atomic mass is 9.90. The van der Waals surface area contributed by atoms with Crippen molar-refractivity contribution in [1.82, 2.24) is 5.32 Å². The van der Waals surface area contributed by atoms with Gasteiger partial charge in [0.15, 0.2) is 21.3 Å². The highest BCUT2D eigenvalue weighted by Gasteiger charge is 2.23. The standard InChI is InChI=1S/C15H23NO4S/c1-19-14-12(10-11-6-8-16-9-7-11)4-5-13(15(14)20-2)21(3,17)18/h4-5,11,16H,6-10H2,1-3H3. The predicted molar refractivity (Wildman–Crippen MR) is 82.0 cm³/mol. The van der Waals surface area contributed by atoms with Crippen molar-refractivity contribution in [3.05, 3.63) is 17.7 Å². The maximum absolute atomic E-state index is 11.8. The molecule has 1 fully saturated rings. The summed E-state index contributed by atoms with van der Waals surface area (Å²) in [4.78, 5) is 0.177. The molecule has 21 heavy (non-hydrogen) atoms. The molecule has 2 rings (SSSR count). The first-order valence-corrected chi connectivity index (χ1v) is 9.01. The molecule has 5 nitrogen and oxygen atoms in total. The van der Waals surface area contributed by atoms with Crippen LogP contribution >= 0.6 is 0 Å². The van der Waals surface area contributed by atoms with Crippen molar-refractivity contribution in [3.8, 4) is 11.5 Å². The Morgan fingerprint density at radius 2 is 1.76 bits per heavy atom. The minimum atomic E-state index is -3.34. The van der Waals surface area contributed by atoms with Gasteiger partial charge in [-0.05, 0) is 49.9 Å². The normalized spacial score (nSPS) is 16.7. The summed E-state index contributed by atoms with van der Waals surface area (Å²) in [5.41, 5.74) is 1.01. The highest BCUT2D eigenvalue weighted by atomic mass is 32.2. The van der Waals surface area contributed by atoms with E-state index in [1.165, 1.54) is 13.4 Å². The fraction of sp³-hybridized carbons (Fsp3) is 0.600. The number of ether oxygens (including phenoxy) is 2. The van der Waals surface area contributed by atoms with E-state index in [4.69, 9.17) is 9.47 Å². The summed E-state index contributed by atoms with van der Waals surface area (Å²) < 4.78 is 34.4. The van der Waals surface area contributed by atoms with Crippen molar-refractivity contribution in [3.63, 3.8) is 0 Å². The second-order valence-electron chi connectivity index (χ2n) is 5.46. The Morgan fingerprint density at radius 1 is 1.14 bits per heavy atom. The number of piperidine rings is 1. The maximum atomic E-state index is 11.8. The van der Waals surface area contributed by atoms with Crippen molar-refractivity contribution in [2.75, 3.05) is 33.6 Å². The predicted octanol–water partition coefficient (Wildman–Crippen LogP) is 1.65. The van der Waals surface area contributed by atoms with Gasteiger partial charge in [-0.3, -0.25) is 0 Å². The molecule has 1 heterocycles. The van der Waals surface area contributed by atoms with E-state index < -0.39 is 9.84 Å². The third kappa shape index (κ3) is 3.68. The van der Waals surface area contributed by atoms with Crippen LogP contribution in [0.3, 0.4) is 0 Å². The van der Waals surface area contributed by atoms with Crippen LogP contribution in [0.2, 0.25) is 0 Å².